The molecule has 0 radical (unpaired) electrons. The van der Waals surface area contributed by atoms with Crippen molar-refractivity contribution < 1.29 is 29.1 Å². The average Bonchev–Trinajstić information content (AvgIpc) is 3.40. The van der Waals surface area contributed by atoms with E-state index in [1.807, 2.05) is 6.92 Å². The summed E-state index contributed by atoms with van der Waals surface area (Å²) in [6, 6.07) is 2.73. The highest BCUT2D eigenvalue weighted by molar-refractivity contribution is 6.48. The van der Waals surface area contributed by atoms with Crippen molar-refractivity contribution in [1.82, 2.24) is 14.9 Å². The molecule has 2 aromatic rings. The van der Waals surface area contributed by atoms with Gasteiger partial charge in [0.1, 0.15) is 29.0 Å². The maximum atomic E-state index is 12.5. The van der Waals surface area contributed by atoms with Crippen molar-refractivity contribution in [2.75, 3.05) is 13.1 Å². The highest BCUT2D eigenvalue weighted by atomic mass is 16.5. The summed E-state index contributed by atoms with van der Waals surface area (Å²) >= 11 is 0. The lowest BCUT2D eigenvalue weighted by Crippen LogP contribution is -2.60. The van der Waals surface area contributed by atoms with Crippen LogP contribution >= 0.6 is 0 Å². The van der Waals surface area contributed by atoms with E-state index in [-0.39, 0.29) is 40.8 Å². The molecule has 1 aromatic carbocycles. The van der Waals surface area contributed by atoms with Crippen LogP contribution in [0.1, 0.15) is 39.8 Å². The quantitative estimate of drug-likeness (QED) is 0.482. The van der Waals surface area contributed by atoms with Gasteiger partial charge in [-0.1, -0.05) is 6.07 Å². The number of likely N-dealkylation sites (tertiary alicyclic amines) is 1. The van der Waals surface area contributed by atoms with Crippen molar-refractivity contribution in [2.24, 2.45) is 5.73 Å². The summed E-state index contributed by atoms with van der Waals surface area (Å²) in [5.41, 5.74) is 7.47. The number of aromatic amines is 1. The number of rotatable bonds is 6. The first-order chi connectivity index (χ1) is 14.8. The number of aromatic nitrogens is 2. The Kier molecular flexibility index (Phi) is 4.67. The van der Waals surface area contributed by atoms with E-state index in [1.165, 1.54) is 0 Å². The van der Waals surface area contributed by atoms with Gasteiger partial charge in [-0.25, -0.2) is 9.78 Å². The number of fused-ring (bicyclic) bond motifs is 3. The molecule has 2 fully saturated rings. The Morgan fingerprint density at radius 2 is 2.23 bits per heavy atom. The summed E-state index contributed by atoms with van der Waals surface area (Å²) in [4.78, 5) is 33.3. The van der Waals surface area contributed by atoms with Gasteiger partial charge in [0, 0.05) is 18.4 Å². The SMILES string of the molecule is Cc1nc(CC(N)C(=O)N2CC(Oc3ccc4c(c3C(=O)O)OB(O)C3CC43)C2)c[nH]1. The maximum Gasteiger partial charge on any atom is 0.526 e. The smallest absolute Gasteiger partial charge is 0.526 e. The van der Waals surface area contributed by atoms with Crippen molar-refractivity contribution in [1.29, 1.82) is 0 Å². The molecule has 2 aliphatic heterocycles. The number of aromatic carboxylic acids is 1. The third-order valence-corrected chi connectivity index (χ3v) is 6.17. The van der Waals surface area contributed by atoms with Crippen LogP contribution in [0.2, 0.25) is 5.82 Å². The van der Waals surface area contributed by atoms with Crippen molar-refractivity contribution in [3.63, 3.8) is 0 Å². The number of H-pyrrole nitrogens is 1. The van der Waals surface area contributed by atoms with E-state index in [0.717, 1.165) is 23.5 Å². The summed E-state index contributed by atoms with van der Waals surface area (Å²) in [5.74, 6) is -0.104. The average molecular weight is 426 g/mol. The van der Waals surface area contributed by atoms with Gasteiger partial charge in [-0.05, 0) is 30.9 Å². The van der Waals surface area contributed by atoms with Gasteiger partial charge in [-0.3, -0.25) is 4.79 Å². The van der Waals surface area contributed by atoms with Crippen LogP contribution in [0.4, 0.5) is 0 Å². The lowest BCUT2D eigenvalue weighted by atomic mass is 9.77. The second-order valence-electron chi connectivity index (χ2n) is 8.45. The number of nitrogens with one attached hydrogen (secondary N) is 1. The molecular weight excluding hydrogens is 403 g/mol. The zero-order chi connectivity index (χ0) is 21.9. The highest BCUT2D eigenvalue weighted by Gasteiger charge is 2.54. The van der Waals surface area contributed by atoms with Crippen molar-refractivity contribution >= 4 is 19.0 Å². The van der Waals surface area contributed by atoms with Crippen LogP contribution in [0.25, 0.3) is 0 Å². The van der Waals surface area contributed by atoms with Gasteiger partial charge in [0.15, 0.2) is 0 Å². The van der Waals surface area contributed by atoms with E-state index < -0.39 is 19.1 Å². The van der Waals surface area contributed by atoms with Gasteiger partial charge < -0.3 is 35.1 Å². The lowest BCUT2D eigenvalue weighted by Gasteiger charge is -2.40. The van der Waals surface area contributed by atoms with E-state index in [0.29, 0.717) is 19.5 Å². The number of carboxylic acids is 1. The van der Waals surface area contributed by atoms with Gasteiger partial charge in [-0.2, -0.15) is 0 Å². The predicted molar refractivity (Wildman–Crippen MR) is 109 cm³/mol. The fourth-order valence-electron chi connectivity index (χ4n) is 4.39. The molecule has 5 rings (SSSR count). The van der Waals surface area contributed by atoms with Crippen molar-refractivity contribution in [3.05, 3.63) is 41.0 Å². The first-order valence-electron chi connectivity index (χ1n) is 10.3. The zero-order valence-corrected chi connectivity index (χ0v) is 16.9. The third kappa shape index (κ3) is 3.53. The Bertz CT molecular complexity index is 1050. The maximum absolute atomic E-state index is 12.5. The number of carboxylic acid groups (broad SMARTS) is 1. The first kappa shape index (κ1) is 19.9. The number of hydrogen-bond acceptors (Lipinski definition) is 7. The van der Waals surface area contributed by atoms with Crippen LogP contribution in [-0.2, 0) is 11.2 Å². The summed E-state index contributed by atoms with van der Waals surface area (Å²) < 4.78 is 11.4. The predicted octanol–water partition coefficient (Wildman–Crippen LogP) is 0.306. The standard InChI is InChI=1S/C20H23BN4O6/c1-9-23-6-10(24-9)4-15(22)19(26)25-7-11(8-25)30-16-3-2-12-13-5-14(13)21(29)31-18(12)17(16)20(27)28/h2-3,6,11,13-15,29H,4-5,7-8,22H2,1H3,(H,23,24)(H,27,28). The largest absolute Gasteiger partial charge is 0.535 e. The summed E-state index contributed by atoms with van der Waals surface area (Å²) in [7, 11) is -0.998. The number of carbonyl (C=O) groups excluding carboxylic acids is 1. The minimum atomic E-state index is -1.18. The normalized spacial score (nSPS) is 22.7. The van der Waals surface area contributed by atoms with Gasteiger partial charge in [0.05, 0.1) is 24.8 Å². The van der Waals surface area contributed by atoms with E-state index in [1.54, 1.807) is 23.2 Å². The molecule has 1 amide bonds. The number of carbonyl (C=O) groups is 2. The van der Waals surface area contributed by atoms with Crippen LogP contribution in [-0.4, -0.2) is 69.2 Å². The molecule has 10 nitrogen and oxygen atoms in total. The Hall–Kier alpha value is -3.05. The monoisotopic (exact) mass is 426 g/mol. The van der Waals surface area contributed by atoms with Crippen LogP contribution in [0.5, 0.6) is 11.5 Å². The Labute approximate surface area is 178 Å². The van der Waals surface area contributed by atoms with Crippen molar-refractivity contribution in [3.8, 4) is 11.5 Å². The zero-order valence-electron chi connectivity index (χ0n) is 16.9. The van der Waals surface area contributed by atoms with Gasteiger partial charge in [0.2, 0.25) is 5.91 Å². The Morgan fingerprint density at radius 3 is 2.90 bits per heavy atom. The molecular formula is C20H23BN4O6. The van der Waals surface area contributed by atoms with Crippen LogP contribution in [0, 0.1) is 6.92 Å². The fraction of sp³-hybridized carbons (Fsp3) is 0.450. The molecule has 162 valence electrons. The second kappa shape index (κ2) is 7.28. The molecule has 1 saturated heterocycles. The molecule has 1 aromatic heterocycles. The Balaban J connectivity index is 1.23. The first-order valence-corrected chi connectivity index (χ1v) is 10.3. The van der Waals surface area contributed by atoms with Gasteiger partial charge in [0.25, 0.3) is 0 Å². The van der Waals surface area contributed by atoms with Gasteiger partial charge in [-0.15, -0.1) is 0 Å². The number of amides is 1. The minimum absolute atomic E-state index is 0.0294. The molecule has 0 bridgehead atoms. The van der Waals surface area contributed by atoms with E-state index in [9.17, 15) is 19.7 Å². The molecule has 3 heterocycles. The van der Waals surface area contributed by atoms with Crippen molar-refractivity contribution in [2.45, 2.75) is 43.6 Å². The summed E-state index contributed by atoms with van der Waals surface area (Å²) in [6.07, 6.45) is 2.51. The minimum Gasteiger partial charge on any atom is -0.535 e. The highest BCUT2D eigenvalue weighted by Crippen LogP contribution is 2.60. The molecule has 11 heteroatoms. The molecule has 5 N–H and O–H groups in total. The molecule has 3 atom stereocenters. The van der Waals surface area contributed by atoms with E-state index in [4.69, 9.17) is 15.1 Å². The number of hydrogen-bond donors (Lipinski definition) is 4. The molecule has 3 unspecified atom stereocenters. The third-order valence-electron chi connectivity index (χ3n) is 6.17. The Morgan fingerprint density at radius 1 is 1.45 bits per heavy atom. The van der Waals surface area contributed by atoms with Crippen LogP contribution in [0.15, 0.2) is 18.3 Å². The molecule has 31 heavy (non-hydrogen) atoms. The molecule has 1 aliphatic carbocycles. The molecule has 0 spiro atoms. The lowest BCUT2D eigenvalue weighted by molar-refractivity contribution is -0.141. The van der Waals surface area contributed by atoms with Crippen LogP contribution in [0.3, 0.4) is 0 Å². The summed E-state index contributed by atoms with van der Waals surface area (Å²) in [6.45, 7) is 2.46. The molecule has 1 saturated carbocycles. The van der Waals surface area contributed by atoms with E-state index in [2.05, 4.69) is 9.97 Å². The van der Waals surface area contributed by atoms with Gasteiger partial charge >= 0.3 is 13.1 Å². The number of nitrogens with two attached hydrogens (primary N) is 1. The summed E-state index contributed by atoms with van der Waals surface area (Å²) in [5, 5.41) is 19.8. The number of nitrogens with zero attached hydrogens (tertiary/aromatic N) is 2. The van der Waals surface area contributed by atoms with E-state index >= 15 is 0 Å². The number of aryl methyl sites for hydroxylation is 1. The number of ether oxygens (including phenoxy) is 1. The van der Waals surface area contributed by atoms with Crippen LogP contribution < -0.4 is 15.1 Å². The molecule has 3 aliphatic rings. The topological polar surface area (TPSA) is 151 Å². The second-order valence-corrected chi connectivity index (χ2v) is 8.45. The number of imidazole rings is 1. The number of benzene rings is 1. The fourth-order valence-corrected chi connectivity index (χ4v) is 4.39.